The fraction of sp³-hybridized carbons (Fsp3) is 0.500. The van der Waals surface area contributed by atoms with Crippen molar-refractivity contribution in [3.8, 4) is 6.07 Å². The lowest BCUT2D eigenvalue weighted by Gasteiger charge is -2.16. The minimum atomic E-state index is 0.416. The first kappa shape index (κ1) is 13.9. The fourth-order valence-corrected chi connectivity index (χ4v) is 2.36. The molecule has 1 rings (SSSR count). The first-order chi connectivity index (χ1) is 8.22. The summed E-state index contributed by atoms with van der Waals surface area (Å²) in [6.07, 6.45) is 5.57. The molecule has 0 bridgehead atoms. The minimum Gasteiger partial charge on any atom is -0.381 e. The first-order valence-electron chi connectivity index (χ1n) is 6.06. The molecule has 17 heavy (non-hydrogen) atoms. The van der Waals surface area contributed by atoms with Crippen LogP contribution >= 0.6 is 11.8 Å². The van der Waals surface area contributed by atoms with Gasteiger partial charge in [0.1, 0.15) is 6.07 Å². The normalized spacial score (nSPS) is 11.9. The third-order valence-corrected chi connectivity index (χ3v) is 3.53. The Morgan fingerprint density at radius 2 is 2.24 bits per heavy atom. The number of rotatable bonds is 6. The second-order valence-electron chi connectivity index (χ2n) is 4.18. The number of thioether (sulfide) groups is 1. The summed E-state index contributed by atoms with van der Waals surface area (Å²) < 4.78 is 0. The van der Waals surface area contributed by atoms with Gasteiger partial charge in [-0.25, -0.2) is 0 Å². The monoisotopic (exact) mass is 248 g/mol. The Morgan fingerprint density at radius 3 is 2.82 bits per heavy atom. The molecule has 0 aliphatic heterocycles. The summed E-state index contributed by atoms with van der Waals surface area (Å²) in [5.74, 6) is 0. The number of unbranched alkanes of at least 4 members (excludes halogenated alkanes) is 1. The maximum absolute atomic E-state index is 9.22. The Labute approximate surface area is 108 Å². The standard InChI is InChI=1S/C14H20N2S/c1-4-5-7-11(2)16-13-8-6-9-14(17-3)12(13)10-15/h6,8-9,11,16H,4-5,7H2,1-3H3. The maximum atomic E-state index is 9.22. The lowest BCUT2D eigenvalue weighted by atomic mass is 10.1. The van der Waals surface area contributed by atoms with Crippen LogP contribution in [0, 0.1) is 11.3 Å². The van der Waals surface area contributed by atoms with E-state index in [1.165, 1.54) is 12.8 Å². The van der Waals surface area contributed by atoms with Gasteiger partial charge in [-0.1, -0.05) is 25.8 Å². The molecule has 1 atom stereocenters. The van der Waals surface area contributed by atoms with Gasteiger partial charge in [-0.2, -0.15) is 5.26 Å². The molecule has 92 valence electrons. The molecular weight excluding hydrogens is 228 g/mol. The molecular formula is C14H20N2S. The van der Waals surface area contributed by atoms with Gasteiger partial charge in [0.05, 0.1) is 11.3 Å². The van der Waals surface area contributed by atoms with Gasteiger partial charge >= 0.3 is 0 Å². The summed E-state index contributed by atoms with van der Waals surface area (Å²) in [7, 11) is 0. The van der Waals surface area contributed by atoms with Crippen molar-refractivity contribution >= 4 is 17.4 Å². The van der Waals surface area contributed by atoms with Crippen LogP contribution in [0.2, 0.25) is 0 Å². The highest BCUT2D eigenvalue weighted by atomic mass is 32.2. The quantitative estimate of drug-likeness (QED) is 0.764. The van der Waals surface area contributed by atoms with E-state index in [-0.39, 0.29) is 0 Å². The molecule has 0 fully saturated rings. The number of benzene rings is 1. The predicted octanol–water partition coefficient (Wildman–Crippen LogP) is 4.27. The summed E-state index contributed by atoms with van der Waals surface area (Å²) in [5.41, 5.74) is 1.73. The number of hydrogen-bond donors (Lipinski definition) is 1. The van der Waals surface area contributed by atoms with Crippen LogP contribution in [0.4, 0.5) is 5.69 Å². The van der Waals surface area contributed by atoms with Crippen LogP contribution in [0.15, 0.2) is 23.1 Å². The van der Waals surface area contributed by atoms with E-state index >= 15 is 0 Å². The minimum absolute atomic E-state index is 0.416. The van der Waals surface area contributed by atoms with Crippen molar-refractivity contribution in [2.24, 2.45) is 0 Å². The number of hydrogen-bond acceptors (Lipinski definition) is 3. The second kappa shape index (κ2) is 7.24. The van der Waals surface area contributed by atoms with Crippen LogP contribution in [0.3, 0.4) is 0 Å². The Balaban J connectivity index is 2.80. The molecule has 0 saturated carbocycles. The number of nitrogens with one attached hydrogen (secondary N) is 1. The molecule has 0 heterocycles. The smallest absolute Gasteiger partial charge is 0.102 e. The Kier molecular flexibility index (Phi) is 5.93. The van der Waals surface area contributed by atoms with Gasteiger partial charge in [-0.15, -0.1) is 11.8 Å². The zero-order valence-corrected chi connectivity index (χ0v) is 11.6. The molecule has 1 unspecified atom stereocenters. The van der Waals surface area contributed by atoms with Crippen molar-refractivity contribution in [1.29, 1.82) is 5.26 Å². The third kappa shape index (κ3) is 3.98. The zero-order valence-electron chi connectivity index (χ0n) is 10.8. The molecule has 1 aromatic rings. The van der Waals surface area contributed by atoms with Gasteiger partial charge in [0.15, 0.2) is 0 Å². The zero-order chi connectivity index (χ0) is 12.7. The molecule has 0 saturated heterocycles. The van der Waals surface area contributed by atoms with Crippen LogP contribution < -0.4 is 5.32 Å². The lowest BCUT2D eigenvalue weighted by Crippen LogP contribution is -2.15. The summed E-state index contributed by atoms with van der Waals surface area (Å²) in [6.45, 7) is 4.37. The third-order valence-electron chi connectivity index (χ3n) is 2.75. The molecule has 0 aliphatic rings. The second-order valence-corrected chi connectivity index (χ2v) is 5.03. The van der Waals surface area contributed by atoms with E-state index in [1.807, 2.05) is 24.5 Å². The summed E-state index contributed by atoms with van der Waals surface area (Å²) in [4.78, 5) is 1.04. The van der Waals surface area contributed by atoms with E-state index in [9.17, 15) is 5.26 Å². The highest BCUT2D eigenvalue weighted by Crippen LogP contribution is 2.27. The van der Waals surface area contributed by atoms with Gasteiger partial charge < -0.3 is 5.32 Å². The Morgan fingerprint density at radius 1 is 1.47 bits per heavy atom. The van der Waals surface area contributed by atoms with E-state index in [0.717, 1.165) is 22.6 Å². The van der Waals surface area contributed by atoms with Crippen molar-refractivity contribution < 1.29 is 0 Å². The number of anilines is 1. The summed E-state index contributed by atoms with van der Waals surface area (Å²) >= 11 is 1.62. The van der Waals surface area contributed by atoms with Crippen molar-refractivity contribution in [2.45, 2.75) is 44.0 Å². The maximum Gasteiger partial charge on any atom is 0.102 e. The van der Waals surface area contributed by atoms with Gasteiger partial charge in [0.25, 0.3) is 0 Å². The van der Waals surface area contributed by atoms with Crippen molar-refractivity contribution in [3.63, 3.8) is 0 Å². The fourth-order valence-electron chi connectivity index (χ4n) is 1.78. The predicted molar refractivity (Wildman–Crippen MR) is 75.5 cm³/mol. The molecule has 0 aliphatic carbocycles. The molecule has 1 aromatic carbocycles. The van der Waals surface area contributed by atoms with Gasteiger partial charge in [-0.05, 0) is 31.7 Å². The van der Waals surface area contributed by atoms with Crippen LogP contribution in [-0.4, -0.2) is 12.3 Å². The Bertz CT molecular complexity index is 396. The SMILES string of the molecule is CCCCC(C)Nc1cccc(SC)c1C#N. The van der Waals surface area contributed by atoms with E-state index in [0.29, 0.717) is 6.04 Å². The van der Waals surface area contributed by atoms with Crippen molar-refractivity contribution in [1.82, 2.24) is 0 Å². The van der Waals surface area contributed by atoms with Crippen LogP contribution in [0.1, 0.15) is 38.7 Å². The first-order valence-corrected chi connectivity index (χ1v) is 7.29. The number of nitrogens with zero attached hydrogens (tertiary/aromatic N) is 1. The largest absolute Gasteiger partial charge is 0.381 e. The van der Waals surface area contributed by atoms with E-state index in [4.69, 9.17) is 0 Å². The van der Waals surface area contributed by atoms with Crippen LogP contribution in [0.5, 0.6) is 0 Å². The number of nitriles is 1. The molecule has 2 nitrogen and oxygen atoms in total. The summed E-state index contributed by atoms with van der Waals surface area (Å²) in [6, 6.07) is 8.69. The topological polar surface area (TPSA) is 35.8 Å². The highest BCUT2D eigenvalue weighted by molar-refractivity contribution is 7.98. The average molecular weight is 248 g/mol. The van der Waals surface area contributed by atoms with E-state index in [1.54, 1.807) is 11.8 Å². The van der Waals surface area contributed by atoms with E-state index < -0.39 is 0 Å². The van der Waals surface area contributed by atoms with Crippen molar-refractivity contribution in [2.75, 3.05) is 11.6 Å². The van der Waals surface area contributed by atoms with Crippen molar-refractivity contribution in [3.05, 3.63) is 23.8 Å². The molecule has 0 spiro atoms. The molecule has 0 aromatic heterocycles. The average Bonchev–Trinajstić information content (AvgIpc) is 2.35. The van der Waals surface area contributed by atoms with Gasteiger partial charge in [-0.3, -0.25) is 0 Å². The lowest BCUT2D eigenvalue weighted by molar-refractivity contribution is 0.645. The molecule has 1 N–H and O–H groups in total. The molecule has 3 heteroatoms. The van der Waals surface area contributed by atoms with Gasteiger partial charge in [0.2, 0.25) is 0 Å². The molecule has 0 amide bonds. The van der Waals surface area contributed by atoms with Gasteiger partial charge in [0, 0.05) is 10.9 Å². The van der Waals surface area contributed by atoms with Crippen LogP contribution in [0.25, 0.3) is 0 Å². The van der Waals surface area contributed by atoms with E-state index in [2.05, 4.69) is 25.2 Å². The van der Waals surface area contributed by atoms with Crippen LogP contribution in [-0.2, 0) is 0 Å². The molecule has 0 radical (unpaired) electrons. The highest BCUT2D eigenvalue weighted by Gasteiger charge is 2.09. The Hall–Kier alpha value is -1.14. The summed E-state index contributed by atoms with van der Waals surface area (Å²) in [5, 5.41) is 12.7.